The maximum absolute atomic E-state index is 12.1. The molecule has 0 aromatic carbocycles. The van der Waals surface area contributed by atoms with Gasteiger partial charge in [0.05, 0.1) is 17.2 Å². The van der Waals surface area contributed by atoms with Crippen molar-refractivity contribution >= 4 is 15.7 Å². The summed E-state index contributed by atoms with van der Waals surface area (Å²) in [6, 6.07) is -0.183. The van der Waals surface area contributed by atoms with Crippen molar-refractivity contribution in [3.05, 3.63) is 17.0 Å². The van der Waals surface area contributed by atoms with Crippen LogP contribution < -0.4 is 0 Å². The Morgan fingerprint density at radius 2 is 2.15 bits per heavy atom. The number of hydrogen-bond acceptors (Lipinski definition) is 5. The minimum atomic E-state index is -2.96. The third-order valence-electron chi connectivity index (χ3n) is 3.92. The predicted octanol–water partition coefficient (Wildman–Crippen LogP) is 0.870. The van der Waals surface area contributed by atoms with Crippen molar-refractivity contribution in [2.24, 2.45) is 0 Å². The lowest BCUT2D eigenvalue weighted by Crippen LogP contribution is -2.37. The van der Waals surface area contributed by atoms with Crippen molar-refractivity contribution in [1.82, 2.24) is 10.1 Å². The third kappa shape index (κ3) is 3.20. The van der Waals surface area contributed by atoms with E-state index in [0.717, 1.165) is 17.0 Å². The van der Waals surface area contributed by atoms with Crippen LogP contribution in [0.1, 0.15) is 29.9 Å². The van der Waals surface area contributed by atoms with E-state index in [2.05, 4.69) is 5.16 Å². The molecule has 0 spiro atoms. The topological polar surface area (TPSA) is 80.5 Å². The SMILES string of the molecule is Cc1noc(C)c1CCC(=O)N(C)[C@H]1CCS(=O)(=O)C1. The monoisotopic (exact) mass is 300 g/mol. The summed E-state index contributed by atoms with van der Waals surface area (Å²) in [5, 5.41) is 3.86. The lowest BCUT2D eigenvalue weighted by molar-refractivity contribution is -0.131. The Labute approximate surface area is 119 Å². The molecule has 1 fully saturated rings. The van der Waals surface area contributed by atoms with Gasteiger partial charge in [-0.15, -0.1) is 0 Å². The average molecular weight is 300 g/mol. The van der Waals surface area contributed by atoms with Crippen LogP contribution in [0.4, 0.5) is 0 Å². The smallest absolute Gasteiger partial charge is 0.222 e. The Morgan fingerprint density at radius 1 is 1.45 bits per heavy atom. The second-order valence-electron chi connectivity index (χ2n) is 5.36. The van der Waals surface area contributed by atoms with E-state index in [1.54, 1.807) is 11.9 Å². The molecule has 1 amide bonds. The Hall–Kier alpha value is -1.37. The highest BCUT2D eigenvalue weighted by atomic mass is 32.2. The lowest BCUT2D eigenvalue weighted by Gasteiger charge is -2.23. The summed E-state index contributed by atoms with van der Waals surface area (Å²) >= 11 is 0. The first kappa shape index (κ1) is 15.0. The summed E-state index contributed by atoms with van der Waals surface area (Å²) in [5.41, 5.74) is 1.77. The molecule has 0 bridgehead atoms. The molecule has 0 unspecified atom stereocenters. The molecule has 0 radical (unpaired) electrons. The zero-order valence-electron chi connectivity index (χ0n) is 12.0. The largest absolute Gasteiger partial charge is 0.361 e. The second-order valence-corrected chi connectivity index (χ2v) is 7.59. The number of nitrogens with zero attached hydrogens (tertiary/aromatic N) is 2. The number of amides is 1. The molecule has 1 aromatic heterocycles. The van der Waals surface area contributed by atoms with Crippen LogP contribution in [0.3, 0.4) is 0 Å². The molecule has 0 saturated carbocycles. The van der Waals surface area contributed by atoms with Gasteiger partial charge >= 0.3 is 0 Å². The maximum Gasteiger partial charge on any atom is 0.222 e. The van der Waals surface area contributed by atoms with E-state index in [-0.39, 0.29) is 23.5 Å². The van der Waals surface area contributed by atoms with Gasteiger partial charge in [-0.2, -0.15) is 0 Å². The molecule has 0 N–H and O–H groups in total. The van der Waals surface area contributed by atoms with Gasteiger partial charge in [-0.05, 0) is 26.7 Å². The van der Waals surface area contributed by atoms with Crippen LogP contribution in [0.25, 0.3) is 0 Å². The van der Waals surface area contributed by atoms with Crippen molar-refractivity contribution in [2.75, 3.05) is 18.6 Å². The highest BCUT2D eigenvalue weighted by Crippen LogP contribution is 2.19. The van der Waals surface area contributed by atoms with Crippen molar-refractivity contribution in [3.63, 3.8) is 0 Å². The first-order valence-corrected chi connectivity index (χ1v) is 8.50. The van der Waals surface area contributed by atoms with Gasteiger partial charge in [-0.1, -0.05) is 5.16 Å². The number of rotatable bonds is 4. The van der Waals surface area contributed by atoms with E-state index in [9.17, 15) is 13.2 Å². The Balaban J connectivity index is 1.92. The van der Waals surface area contributed by atoms with Crippen LogP contribution in [0.2, 0.25) is 0 Å². The Morgan fingerprint density at radius 3 is 2.65 bits per heavy atom. The van der Waals surface area contributed by atoms with Gasteiger partial charge in [-0.3, -0.25) is 4.79 Å². The highest BCUT2D eigenvalue weighted by Gasteiger charge is 2.32. The second kappa shape index (κ2) is 5.55. The third-order valence-corrected chi connectivity index (χ3v) is 5.67. The molecule has 6 nitrogen and oxygen atoms in total. The van der Waals surface area contributed by atoms with Crippen molar-refractivity contribution in [3.8, 4) is 0 Å². The molecule has 2 rings (SSSR count). The van der Waals surface area contributed by atoms with Gasteiger partial charge in [0.1, 0.15) is 5.76 Å². The molecule has 1 aromatic rings. The fraction of sp³-hybridized carbons (Fsp3) is 0.692. The quantitative estimate of drug-likeness (QED) is 0.824. The molecular formula is C13H20N2O4S. The minimum absolute atomic E-state index is 0.0351. The summed E-state index contributed by atoms with van der Waals surface area (Å²) in [5.74, 6) is 0.966. The van der Waals surface area contributed by atoms with Gasteiger partial charge < -0.3 is 9.42 Å². The molecule has 2 heterocycles. The Kier molecular flexibility index (Phi) is 4.17. The fourth-order valence-electron chi connectivity index (χ4n) is 2.55. The zero-order valence-corrected chi connectivity index (χ0v) is 12.9. The maximum atomic E-state index is 12.1. The van der Waals surface area contributed by atoms with Gasteiger partial charge in [0.15, 0.2) is 9.84 Å². The van der Waals surface area contributed by atoms with E-state index in [4.69, 9.17) is 4.52 Å². The lowest BCUT2D eigenvalue weighted by atomic mass is 10.1. The summed E-state index contributed by atoms with van der Waals surface area (Å²) < 4.78 is 27.9. The molecule has 0 aliphatic carbocycles. The highest BCUT2D eigenvalue weighted by molar-refractivity contribution is 7.91. The molecule has 1 saturated heterocycles. The summed E-state index contributed by atoms with van der Waals surface area (Å²) in [7, 11) is -1.28. The number of sulfone groups is 1. The number of carbonyl (C=O) groups excluding carboxylic acids is 1. The summed E-state index contributed by atoms with van der Waals surface area (Å²) in [4.78, 5) is 13.7. The zero-order chi connectivity index (χ0) is 14.9. The molecule has 7 heteroatoms. The molecular weight excluding hydrogens is 280 g/mol. The van der Waals surface area contributed by atoms with Crippen LogP contribution >= 0.6 is 0 Å². The average Bonchev–Trinajstić information content (AvgIpc) is 2.89. The first-order valence-electron chi connectivity index (χ1n) is 6.68. The van der Waals surface area contributed by atoms with E-state index in [0.29, 0.717) is 19.3 Å². The number of carbonyl (C=O) groups is 1. The van der Waals surface area contributed by atoms with E-state index < -0.39 is 9.84 Å². The Bertz CT molecular complexity index is 586. The van der Waals surface area contributed by atoms with Gasteiger partial charge in [0.2, 0.25) is 5.91 Å². The van der Waals surface area contributed by atoms with Gasteiger partial charge in [0.25, 0.3) is 0 Å². The van der Waals surface area contributed by atoms with Crippen LogP contribution in [0, 0.1) is 13.8 Å². The van der Waals surface area contributed by atoms with Crippen LogP contribution in [0.5, 0.6) is 0 Å². The molecule has 1 atom stereocenters. The molecule has 112 valence electrons. The van der Waals surface area contributed by atoms with Crippen molar-refractivity contribution in [2.45, 2.75) is 39.2 Å². The van der Waals surface area contributed by atoms with E-state index in [1.165, 1.54) is 0 Å². The number of hydrogen-bond donors (Lipinski definition) is 0. The summed E-state index contributed by atoms with van der Waals surface area (Å²) in [6.45, 7) is 3.68. The van der Waals surface area contributed by atoms with Crippen LogP contribution in [-0.4, -0.2) is 49.0 Å². The van der Waals surface area contributed by atoms with Crippen LogP contribution in [0.15, 0.2) is 4.52 Å². The molecule has 1 aliphatic heterocycles. The molecule has 1 aliphatic rings. The number of aromatic nitrogens is 1. The van der Waals surface area contributed by atoms with E-state index in [1.807, 2.05) is 13.8 Å². The fourth-order valence-corrected chi connectivity index (χ4v) is 4.33. The number of aryl methyl sites for hydroxylation is 2. The summed E-state index contributed by atoms with van der Waals surface area (Å²) in [6.07, 6.45) is 1.45. The van der Waals surface area contributed by atoms with Crippen molar-refractivity contribution < 1.29 is 17.7 Å². The first-order chi connectivity index (χ1) is 9.30. The predicted molar refractivity (Wildman–Crippen MR) is 74.1 cm³/mol. The van der Waals surface area contributed by atoms with Gasteiger partial charge in [0, 0.05) is 25.1 Å². The minimum Gasteiger partial charge on any atom is -0.361 e. The normalized spacial score (nSPS) is 21.1. The molecule has 20 heavy (non-hydrogen) atoms. The standard InChI is InChI=1S/C13H20N2O4S/c1-9-12(10(2)19-14-9)4-5-13(16)15(3)11-6-7-20(17,18)8-11/h11H,4-8H2,1-3H3/t11-/m0/s1. The van der Waals surface area contributed by atoms with Gasteiger partial charge in [-0.25, -0.2) is 8.42 Å². The van der Waals surface area contributed by atoms with E-state index >= 15 is 0 Å². The van der Waals surface area contributed by atoms with Crippen LogP contribution in [-0.2, 0) is 21.1 Å². The van der Waals surface area contributed by atoms with Crippen molar-refractivity contribution in [1.29, 1.82) is 0 Å².